The molecule has 3 heterocycles. The number of rotatable bonds is 11. The van der Waals surface area contributed by atoms with Crippen LogP contribution >= 0.6 is 0 Å². The number of aliphatic hydroxyl groups is 1. The van der Waals surface area contributed by atoms with Crippen molar-refractivity contribution in [3.63, 3.8) is 0 Å². The van der Waals surface area contributed by atoms with Gasteiger partial charge in [0.15, 0.2) is 5.60 Å². The molecule has 2 fully saturated rings. The van der Waals surface area contributed by atoms with Gasteiger partial charge in [0.25, 0.3) is 11.6 Å². The summed E-state index contributed by atoms with van der Waals surface area (Å²) in [6, 6.07) is 21.1. The Morgan fingerprint density at radius 1 is 1.04 bits per heavy atom. The average Bonchev–Trinajstić information content (AvgIpc) is 3.52. The van der Waals surface area contributed by atoms with Gasteiger partial charge in [-0.05, 0) is 55.3 Å². The molecule has 0 aliphatic carbocycles. The lowest BCUT2D eigenvalue weighted by Gasteiger charge is -2.31. The van der Waals surface area contributed by atoms with E-state index in [4.69, 9.17) is 4.74 Å². The lowest BCUT2D eigenvalue weighted by molar-refractivity contribution is -0.385. The molecule has 3 aromatic rings. The molecule has 3 aliphatic rings. The van der Waals surface area contributed by atoms with E-state index in [1.54, 1.807) is 11.8 Å². The van der Waals surface area contributed by atoms with Crippen molar-refractivity contribution >= 4 is 43.2 Å². The molecule has 0 unspecified atom stereocenters. The summed E-state index contributed by atoms with van der Waals surface area (Å²) in [5, 5.41) is 21.8. The van der Waals surface area contributed by atoms with E-state index in [9.17, 15) is 29.6 Å². The van der Waals surface area contributed by atoms with E-state index in [1.165, 1.54) is 41.1 Å². The number of fused-ring (bicyclic) bond motifs is 2. The SMILES string of the molecule is C[C@H]1[C@H]([Si](C)(C)F)[C@@H](CC(=O)N(CCO)Cc2ccccc2)O[C@]12C(=O)N(Cc1cccc(N3CCCCCCC3=O)c1)c1ccc([N+](=O)[O-])cc12. The van der Waals surface area contributed by atoms with Gasteiger partial charge < -0.3 is 28.7 Å². The van der Waals surface area contributed by atoms with E-state index < -0.39 is 42.4 Å². The van der Waals surface area contributed by atoms with Crippen LogP contribution in [0.15, 0.2) is 72.8 Å². The zero-order chi connectivity index (χ0) is 37.2. The number of carbonyl (C=O) groups is 3. The summed E-state index contributed by atoms with van der Waals surface area (Å²) in [4.78, 5) is 58.2. The molecular formula is C39H47FN4O7Si. The van der Waals surface area contributed by atoms with Gasteiger partial charge in [0.1, 0.15) is 0 Å². The number of aliphatic hydroxyl groups excluding tert-OH is 1. The quantitative estimate of drug-likeness (QED) is 0.101. The Bertz CT molecular complexity index is 1820. The zero-order valence-corrected chi connectivity index (χ0v) is 31.0. The van der Waals surface area contributed by atoms with Crippen LogP contribution in [0.25, 0.3) is 0 Å². The standard InChI is InChI=1S/C39H47FN4O7Si/c1-27-37(52(2,3)40)34(24-36(47)41(20-21-45)25-28-12-7-6-8-13-28)51-39(27)32-23-31(44(49)50)17-18-33(32)43(38(39)48)26-29-14-11-15-30(22-29)42-19-10-5-4-9-16-35(42)46/h6-8,11-15,17-18,22-23,27,34,37,45H,4-5,9-10,16,19-21,24-26H2,1-3H3/t27-,34+,37-,39+/m0/s1. The van der Waals surface area contributed by atoms with Crippen LogP contribution in [0.5, 0.6) is 0 Å². The average molecular weight is 731 g/mol. The van der Waals surface area contributed by atoms with Gasteiger partial charge in [-0.1, -0.05) is 62.2 Å². The summed E-state index contributed by atoms with van der Waals surface area (Å²) in [7, 11) is -3.65. The zero-order valence-electron chi connectivity index (χ0n) is 30.0. The number of benzene rings is 3. The maximum atomic E-state index is 16.5. The Morgan fingerprint density at radius 2 is 1.77 bits per heavy atom. The first-order chi connectivity index (χ1) is 24.8. The maximum Gasteiger partial charge on any atom is 0.269 e. The fourth-order valence-corrected chi connectivity index (χ4v) is 11.0. The highest BCUT2D eigenvalue weighted by molar-refractivity contribution is 6.72. The second kappa shape index (κ2) is 15.3. The van der Waals surface area contributed by atoms with Gasteiger partial charge in [0, 0.05) is 60.9 Å². The second-order valence-corrected chi connectivity index (χ2v) is 18.5. The summed E-state index contributed by atoms with van der Waals surface area (Å²) in [5.41, 5.74) is 0.247. The molecule has 3 aromatic carbocycles. The molecule has 3 aliphatic heterocycles. The molecule has 0 radical (unpaired) electrons. The van der Waals surface area contributed by atoms with Crippen molar-refractivity contribution in [3.8, 4) is 0 Å². The summed E-state index contributed by atoms with van der Waals surface area (Å²) in [5.74, 6) is -1.53. The van der Waals surface area contributed by atoms with Crippen LogP contribution in [0.4, 0.5) is 21.2 Å². The van der Waals surface area contributed by atoms with Crippen molar-refractivity contribution in [2.75, 3.05) is 29.5 Å². The fourth-order valence-electron chi connectivity index (χ4n) is 8.46. The molecule has 276 valence electrons. The molecule has 52 heavy (non-hydrogen) atoms. The largest absolute Gasteiger partial charge is 0.395 e. The molecule has 0 bridgehead atoms. The molecular weight excluding hydrogens is 684 g/mol. The lowest BCUT2D eigenvalue weighted by Crippen LogP contribution is -2.45. The minimum Gasteiger partial charge on any atom is -0.395 e. The van der Waals surface area contributed by atoms with Crippen LogP contribution in [0.1, 0.15) is 62.1 Å². The van der Waals surface area contributed by atoms with E-state index in [0.717, 1.165) is 42.5 Å². The van der Waals surface area contributed by atoms with Gasteiger partial charge >= 0.3 is 0 Å². The van der Waals surface area contributed by atoms with Gasteiger partial charge in [0.05, 0.1) is 36.3 Å². The summed E-state index contributed by atoms with van der Waals surface area (Å²) in [6.07, 6.45) is 3.07. The van der Waals surface area contributed by atoms with E-state index in [-0.39, 0.29) is 55.7 Å². The van der Waals surface area contributed by atoms with Gasteiger partial charge in [0.2, 0.25) is 20.2 Å². The number of anilines is 2. The Balaban J connectivity index is 1.35. The number of nitro benzene ring substituents is 1. The molecule has 4 atom stereocenters. The van der Waals surface area contributed by atoms with Gasteiger partial charge in [-0.25, -0.2) is 0 Å². The number of non-ortho nitro benzene ring substituents is 1. The van der Waals surface area contributed by atoms with Crippen LogP contribution < -0.4 is 9.80 Å². The molecule has 1 spiro atoms. The Hall–Kier alpha value is -4.46. The Labute approximate surface area is 304 Å². The number of amides is 3. The summed E-state index contributed by atoms with van der Waals surface area (Å²) in [6.45, 7) is 5.54. The minimum atomic E-state index is -3.65. The first kappa shape index (κ1) is 37.3. The highest BCUT2D eigenvalue weighted by Crippen LogP contribution is 2.60. The number of nitrogens with zero attached hydrogens (tertiary/aromatic N) is 4. The third-order valence-electron chi connectivity index (χ3n) is 10.9. The molecule has 11 nitrogen and oxygen atoms in total. The summed E-state index contributed by atoms with van der Waals surface area (Å²) < 4.78 is 23.2. The maximum absolute atomic E-state index is 16.5. The van der Waals surface area contributed by atoms with Crippen LogP contribution in [0, 0.1) is 16.0 Å². The highest BCUT2D eigenvalue weighted by atomic mass is 28.4. The van der Waals surface area contributed by atoms with Crippen LogP contribution in [0.3, 0.4) is 0 Å². The topological polar surface area (TPSA) is 134 Å². The fraction of sp³-hybridized carbons (Fsp3) is 0.462. The highest BCUT2D eigenvalue weighted by Gasteiger charge is 2.67. The normalized spacial score (nSPS) is 23.4. The predicted molar refractivity (Wildman–Crippen MR) is 198 cm³/mol. The van der Waals surface area contributed by atoms with Crippen molar-refractivity contribution < 1.29 is 33.3 Å². The van der Waals surface area contributed by atoms with Crippen molar-refractivity contribution in [1.29, 1.82) is 0 Å². The van der Waals surface area contributed by atoms with E-state index >= 15 is 4.11 Å². The van der Waals surface area contributed by atoms with Crippen molar-refractivity contribution in [1.82, 2.24) is 4.90 Å². The van der Waals surface area contributed by atoms with Crippen LogP contribution in [-0.4, -0.2) is 66.9 Å². The summed E-state index contributed by atoms with van der Waals surface area (Å²) >= 11 is 0. The number of ether oxygens (including phenoxy) is 1. The lowest BCUT2D eigenvalue weighted by atomic mass is 9.82. The molecule has 2 saturated heterocycles. The molecule has 0 saturated carbocycles. The Kier molecular flexibility index (Phi) is 10.9. The number of hydrogen-bond acceptors (Lipinski definition) is 7. The number of carbonyl (C=O) groups excluding carboxylic acids is 3. The van der Waals surface area contributed by atoms with E-state index in [1.807, 2.05) is 54.6 Å². The monoisotopic (exact) mass is 730 g/mol. The number of halogens is 1. The van der Waals surface area contributed by atoms with Gasteiger partial charge in [-0.3, -0.25) is 24.5 Å². The van der Waals surface area contributed by atoms with E-state index in [2.05, 4.69) is 0 Å². The smallest absolute Gasteiger partial charge is 0.269 e. The Morgan fingerprint density at radius 3 is 2.48 bits per heavy atom. The number of hydrogen-bond donors (Lipinski definition) is 1. The molecule has 3 amide bonds. The first-order valence-corrected chi connectivity index (χ1v) is 21.1. The molecule has 13 heteroatoms. The molecule has 1 N–H and O–H groups in total. The third-order valence-corrected chi connectivity index (χ3v) is 13.3. The number of nitro groups is 1. The second-order valence-electron chi connectivity index (χ2n) is 14.7. The van der Waals surface area contributed by atoms with Gasteiger partial charge in [-0.2, -0.15) is 0 Å². The van der Waals surface area contributed by atoms with Crippen LogP contribution in [0.2, 0.25) is 18.6 Å². The van der Waals surface area contributed by atoms with Gasteiger partial charge in [-0.15, -0.1) is 0 Å². The van der Waals surface area contributed by atoms with Crippen LogP contribution in [-0.2, 0) is 37.8 Å². The van der Waals surface area contributed by atoms with Crippen molar-refractivity contribution in [2.45, 2.75) is 88.9 Å². The molecule has 0 aromatic heterocycles. The predicted octanol–water partition coefficient (Wildman–Crippen LogP) is 6.62. The molecule has 6 rings (SSSR count). The van der Waals surface area contributed by atoms with Crippen molar-refractivity contribution in [3.05, 3.63) is 99.6 Å². The minimum absolute atomic E-state index is 0.0600. The van der Waals surface area contributed by atoms with Crippen molar-refractivity contribution in [2.24, 2.45) is 5.92 Å². The first-order valence-electron chi connectivity index (χ1n) is 18.1. The third kappa shape index (κ3) is 7.26. The van der Waals surface area contributed by atoms with E-state index in [0.29, 0.717) is 18.7 Å².